The lowest BCUT2D eigenvalue weighted by Gasteiger charge is -2.10. The molecule has 0 spiro atoms. The van der Waals surface area contributed by atoms with E-state index in [1.54, 1.807) is 0 Å². The zero-order valence-electron chi connectivity index (χ0n) is 6.60. The van der Waals surface area contributed by atoms with Crippen molar-refractivity contribution in [3.05, 3.63) is 34.4 Å². The molecule has 1 atom stereocenters. The number of halogens is 3. The summed E-state index contributed by atoms with van der Waals surface area (Å²) in [7, 11) is 0. The first-order chi connectivity index (χ1) is 6.06. The van der Waals surface area contributed by atoms with Crippen LogP contribution in [0.1, 0.15) is 11.6 Å². The molecule has 0 aromatic heterocycles. The van der Waals surface area contributed by atoms with Crippen LogP contribution in [-0.4, -0.2) is 11.7 Å². The van der Waals surface area contributed by atoms with E-state index in [0.717, 1.165) is 6.07 Å². The number of aliphatic hydroxyl groups is 1. The molecule has 0 aliphatic heterocycles. The summed E-state index contributed by atoms with van der Waals surface area (Å²) >= 11 is 5.41. The SMILES string of the molecule is NC(CO)c1cc(Cl)c(F)cc1F. The van der Waals surface area contributed by atoms with Crippen molar-refractivity contribution in [2.45, 2.75) is 6.04 Å². The molecule has 2 nitrogen and oxygen atoms in total. The average molecular weight is 208 g/mol. The first-order valence-electron chi connectivity index (χ1n) is 3.57. The van der Waals surface area contributed by atoms with Gasteiger partial charge in [0.05, 0.1) is 17.7 Å². The molecule has 0 fully saturated rings. The van der Waals surface area contributed by atoms with Crippen LogP contribution in [0.25, 0.3) is 0 Å². The van der Waals surface area contributed by atoms with Gasteiger partial charge in [0.1, 0.15) is 11.6 Å². The van der Waals surface area contributed by atoms with E-state index in [1.165, 1.54) is 0 Å². The third kappa shape index (κ3) is 2.15. The molecule has 0 saturated heterocycles. The Balaban J connectivity index is 3.15. The highest BCUT2D eigenvalue weighted by Crippen LogP contribution is 2.22. The molecule has 1 unspecified atom stereocenters. The molecule has 3 N–H and O–H groups in total. The fourth-order valence-corrected chi connectivity index (χ4v) is 1.09. The van der Waals surface area contributed by atoms with Crippen LogP contribution >= 0.6 is 11.6 Å². The van der Waals surface area contributed by atoms with Gasteiger partial charge in [-0.3, -0.25) is 0 Å². The minimum Gasteiger partial charge on any atom is -0.394 e. The van der Waals surface area contributed by atoms with Crippen LogP contribution in [-0.2, 0) is 0 Å². The van der Waals surface area contributed by atoms with Crippen molar-refractivity contribution < 1.29 is 13.9 Å². The zero-order valence-corrected chi connectivity index (χ0v) is 7.35. The maximum Gasteiger partial charge on any atom is 0.144 e. The van der Waals surface area contributed by atoms with Crippen molar-refractivity contribution in [2.24, 2.45) is 5.73 Å². The Morgan fingerprint density at radius 2 is 2.00 bits per heavy atom. The van der Waals surface area contributed by atoms with Crippen molar-refractivity contribution in [1.29, 1.82) is 0 Å². The summed E-state index contributed by atoms with van der Waals surface area (Å²) in [6.45, 7) is -0.418. The van der Waals surface area contributed by atoms with Crippen molar-refractivity contribution >= 4 is 11.6 Å². The van der Waals surface area contributed by atoms with Crippen LogP contribution in [0.2, 0.25) is 5.02 Å². The van der Waals surface area contributed by atoms with Gasteiger partial charge in [0.25, 0.3) is 0 Å². The van der Waals surface area contributed by atoms with Gasteiger partial charge in [-0.1, -0.05) is 11.6 Å². The van der Waals surface area contributed by atoms with Crippen molar-refractivity contribution in [3.8, 4) is 0 Å². The third-order valence-electron chi connectivity index (χ3n) is 1.64. The Bertz CT molecular complexity index is 319. The predicted octanol–water partition coefficient (Wildman–Crippen LogP) is 1.61. The zero-order chi connectivity index (χ0) is 10.0. The van der Waals surface area contributed by atoms with Crippen molar-refractivity contribution in [2.75, 3.05) is 6.61 Å². The van der Waals surface area contributed by atoms with Crippen LogP contribution < -0.4 is 5.73 Å². The summed E-state index contributed by atoms with van der Waals surface area (Å²) in [4.78, 5) is 0. The molecule has 0 heterocycles. The Labute approximate surface area is 78.9 Å². The normalized spacial score (nSPS) is 13.0. The highest BCUT2D eigenvalue weighted by molar-refractivity contribution is 6.30. The van der Waals surface area contributed by atoms with Crippen molar-refractivity contribution in [3.63, 3.8) is 0 Å². The van der Waals surface area contributed by atoms with Gasteiger partial charge in [-0.15, -0.1) is 0 Å². The summed E-state index contributed by atoms with van der Waals surface area (Å²) in [5.41, 5.74) is 5.35. The van der Waals surface area contributed by atoms with Gasteiger partial charge in [-0.05, 0) is 6.07 Å². The molecular formula is C8H8ClF2NO. The molecule has 0 amide bonds. The lowest BCUT2D eigenvalue weighted by atomic mass is 10.1. The van der Waals surface area contributed by atoms with E-state index in [9.17, 15) is 8.78 Å². The Hall–Kier alpha value is -0.710. The van der Waals surface area contributed by atoms with Gasteiger partial charge in [0, 0.05) is 11.6 Å². The quantitative estimate of drug-likeness (QED) is 0.724. The van der Waals surface area contributed by atoms with Gasteiger partial charge in [-0.25, -0.2) is 8.78 Å². The average Bonchev–Trinajstić information content (AvgIpc) is 2.10. The van der Waals surface area contributed by atoms with E-state index < -0.39 is 24.3 Å². The summed E-state index contributed by atoms with van der Waals surface area (Å²) in [5, 5.41) is 8.44. The Kier molecular flexibility index (Phi) is 3.19. The summed E-state index contributed by atoms with van der Waals surface area (Å²) in [6.07, 6.45) is 0. The molecule has 1 aromatic carbocycles. The topological polar surface area (TPSA) is 46.2 Å². The van der Waals surface area contributed by atoms with Gasteiger partial charge in [0.15, 0.2) is 0 Å². The lowest BCUT2D eigenvalue weighted by molar-refractivity contribution is 0.265. The van der Waals surface area contributed by atoms with E-state index in [4.69, 9.17) is 22.4 Å². The van der Waals surface area contributed by atoms with Crippen LogP contribution in [0.15, 0.2) is 12.1 Å². The smallest absolute Gasteiger partial charge is 0.144 e. The fraction of sp³-hybridized carbons (Fsp3) is 0.250. The van der Waals surface area contributed by atoms with E-state index in [2.05, 4.69) is 0 Å². The van der Waals surface area contributed by atoms with Crippen LogP contribution in [0.4, 0.5) is 8.78 Å². The second-order valence-corrected chi connectivity index (χ2v) is 2.98. The minimum absolute atomic E-state index is 0.00824. The summed E-state index contributed by atoms with van der Waals surface area (Å²) in [6, 6.07) is 0.846. The largest absolute Gasteiger partial charge is 0.394 e. The first kappa shape index (κ1) is 10.4. The summed E-state index contributed by atoms with van der Waals surface area (Å²) in [5.74, 6) is -1.64. The maximum absolute atomic E-state index is 13.0. The molecule has 0 aliphatic carbocycles. The Morgan fingerprint density at radius 3 is 2.54 bits per heavy atom. The second-order valence-electron chi connectivity index (χ2n) is 2.58. The van der Waals surface area contributed by atoms with Crippen LogP contribution in [0.5, 0.6) is 0 Å². The fourth-order valence-electron chi connectivity index (χ4n) is 0.920. The number of benzene rings is 1. The molecule has 0 aliphatic rings. The van der Waals surface area contributed by atoms with E-state index >= 15 is 0 Å². The van der Waals surface area contributed by atoms with Gasteiger partial charge >= 0.3 is 0 Å². The minimum atomic E-state index is -0.877. The molecule has 72 valence electrons. The molecule has 1 aromatic rings. The molecule has 1 rings (SSSR count). The molecule has 0 bridgehead atoms. The first-order valence-corrected chi connectivity index (χ1v) is 3.95. The Morgan fingerprint density at radius 1 is 1.38 bits per heavy atom. The number of rotatable bonds is 2. The predicted molar refractivity (Wildman–Crippen MR) is 45.4 cm³/mol. The standard InChI is InChI=1S/C8H8ClF2NO/c9-5-1-4(8(12)3-13)6(10)2-7(5)11/h1-2,8,13H,3,12H2. The summed E-state index contributed by atoms with van der Waals surface area (Å²) < 4.78 is 25.6. The third-order valence-corrected chi connectivity index (χ3v) is 1.93. The van der Waals surface area contributed by atoms with E-state index in [0.29, 0.717) is 6.07 Å². The van der Waals surface area contributed by atoms with Gasteiger partial charge in [0.2, 0.25) is 0 Å². The van der Waals surface area contributed by atoms with E-state index in [1.807, 2.05) is 0 Å². The number of hydrogen-bond donors (Lipinski definition) is 2. The van der Waals surface area contributed by atoms with E-state index in [-0.39, 0.29) is 10.6 Å². The highest BCUT2D eigenvalue weighted by Gasteiger charge is 2.13. The molecule has 0 saturated carbocycles. The maximum atomic E-state index is 13.0. The lowest BCUT2D eigenvalue weighted by Crippen LogP contribution is -2.16. The van der Waals surface area contributed by atoms with Crippen LogP contribution in [0.3, 0.4) is 0 Å². The molecule has 0 radical (unpaired) electrons. The number of aliphatic hydroxyl groups excluding tert-OH is 1. The van der Waals surface area contributed by atoms with Crippen LogP contribution in [0, 0.1) is 11.6 Å². The van der Waals surface area contributed by atoms with Crippen molar-refractivity contribution in [1.82, 2.24) is 0 Å². The molecule has 5 heteroatoms. The van der Waals surface area contributed by atoms with Gasteiger partial charge < -0.3 is 10.8 Å². The second kappa shape index (κ2) is 4.00. The monoisotopic (exact) mass is 207 g/mol. The number of nitrogens with two attached hydrogens (primary N) is 1. The van der Waals surface area contributed by atoms with Gasteiger partial charge in [-0.2, -0.15) is 0 Å². The highest BCUT2D eigenvalue weighted by atomic mass is 35.5. The number of hydrogen-bond acceptors (Lipinski definition) is 2. The molecular weight excluding hydrogens is 200 g/mol. The molecule has 13 heavy (non-hydrogen) atoms.